The van der Waals surface area contributed by atoms with Gasteiger partial charge < -0.3 is 4.90 Å². The van der Waals surface area contributed by atoms with Gasteiger partial charge in [-0.05, 0) is 37.1 Å². The van der Waals surface area contributed by atoms with Crippen LogP contribution < -0.4 is 10.2 Å². The Morgan fingerprint density at radius 1 is 1.18 bits per heavy atom. The summed E-state index contributed by atoms with van der Waals surface area (Å²) in [6, 6.07) is 13.7. The van der Waals surface area contributed by atoms with E-state index in [1.165, 1.54) is 16.9 Å². The molecule has 0 unspecified atom stereocenters. The number of fused-ring (bicyclic) bond motifs is 1. The zero-order chi connectivity index (χ0) is 19.7. The van der Waals surface area contributed by atoms with Gasteiger partial charge in [0.25, 0.3) is 5.91 Å². The Bertz CT molecular complexity index is 1040. The quantitative estimate of drug-likeness (QED) is 0.703. The van der Waals surface area contributed by atoms with Gasteiger partial charge >= 0.3 is 0 Å². The van der Waals surface area contributed by atoms with Crippen molar-refractivity contribution in [3.05, 3.63) is 64.5 Å². The fraction of sp³-hybridized carbons (Fsp3) is 0.227. The lowest BCUT2D eigenvalue weighted by Crippen LogP contribution is -2.27. The number of hydrogen-bond donors (Lipinski definition) is 1. The normalized spacial score (nSPS) is 12.7. The number of thiazole rings is 1. The first kappa shape index (κ1) is 18.4. The van der Waals surface area contributed by atoms with Crippen LogP contribution in [0.4, 0.5) is 10.8 Å². The van der Waals surface area contributed by atoms with E-state index < -0.39 is 0 Å². The molecule has 6 heteroatoms. The summed E-state index contributed by atoms with van der Waals surface area (Å²) in [5.41, 5.74) is 5.61. The minimum Gasteiger partial charge on any atom is -0.312 e. The Morgan fingerprint density at radius 3 is 2.71 bits per heavy atom. The van der Waals surface area contributed by atoms with Gasteiger partial charge in [-0.25, -0.2) is 4.98 Å². The molecular formula is C22H21N3O2S. The lowest BCUT2D eigenvalue weighted by molar-refractivity contribution is -0.118. The number of aryl methyl sites for hydroxylation is 1. The number of hydrogen-bond acceptors (Lipinski definition) is 4. The molecule has 1 aromatic heterocycles. The van der Waals surface area contributed by atoms with Crippen molar-refractivity contribution in [1.29, 1.82) is 0 Å². The Hall–Kier alpha value is -2.99. The highest BCUT2D eigenvalue weighted by Gasteiger charge is 2.24. The number of carbonyl (C=O) groups excluding carboxylic acids is 2. The highest BCUT2D eigenvalue weighted by atomic mass is 32.1. The van der Waals surface area contributed by atoms with Crippen LogP contribution in [0.15, 0.2) is 47.8 Å². The summed E-state index contributed by atoms with van der Waals surface area (Å²) in [5.74, 6) is -0.0738. The molecule has 5 nitrogen and oxygen atoms in total. The smallest absolute Gasteiger partial charge is 0.257 e. The van der Waals surface area contributed by atoms with Crippen LogP contribution in [0.2, 0.25) is 0 Å². The van der Waals surface area contributed by atoms with Crippen molar-refractivity contribution in [2.75, 3.05) is 16.8 Å². The number of aromatic nitrogens is 1. The first-order valence-corrected chi connectivity index (χ1v) is 10.2. The molecule has 1 aliphatic heterocycles. The first-order chi connectivity index (χ1) is 13.5. The number of anilines is 2. The standard InChI is InChI=1S/C22H21N3O2S/c1-3-20(26)25-11-10-16-12-17(8-9-19(16)25)21(27)24-22-23-18(13-28-22)15-6-4-14(2)5-7-15/h4-9,12-13H,3,10-11H2,1-2H3,(H,23,24,27). The van der Waals surface area contributed by atoms with E-state index in [0.717, 1.165) is 28.9 Å². The fourth-order valence-corrected chi connectivity index (χ4v) is 4.06. The maximum absolute atomic E-state index is 12.7. The van der Waals surface area contributed by atoms with Gasteiger partial charge in [0.15, 0.2) is 5.13 Å². The van der Waals surface area contributed by atoms with Crippen LogP contribution in [0.5, 0.6) is 0 Å². The van der Waals surface area contributed by atoms with E-state index in [9.17, 15) is 9.59 Å². The molecule has 0 fully saturated rings. The Kier molecular flexibility index (Phi) is 4.96. The van der Waals surface area contributed by atoms with Crippen LogP contribution in [0.1, 0.15) is 34.8 Å². The number of rotatable bonds is 4. The number of benzene rings is 2. The lowest BCUT2D eigenvalue weighted by Gasteiger charge is -2.16. The molecule has 0 spiro atoms. The molecule has 0 bridgehead atoms. The second-order valence-electron chi connectivity index (χ2n) is 6.85. The van der Waals surface area contributed by atoms with Crippen LogP contribution in [0.25, 0.3) is 11.3 Å². The van der Waals surface area contributed by atoms with Crippen LogP contribution in [-0.2, 0) is 11.2 Å². The second kappa shape index (κ2) is 7.56. The molecule has 0 saturated heterocycles. The molecule has 1 N–H and O–H groups in total. The number of nitrogens with one attached hydrogen (secondary N) is 1. The summed E-state index contributed by atoms with van der Waals surface area (Å²) in [7, 11) is 0. The summed E-state index contributed by atoms with van der Waals surface area (Å²) in [6.45, 7) is 4.59. The lowest BCUT2D eigenvalue weighted by atomic mass is 10.1. The van der Waals surface area contributed by atoms with Crippen LogP contribution in [-0.4, -0.2) is 23.3 Å². The van der Waals surface area contributed by atoms with Gasteiger partial charge in [-0.15, -0.1) is 11.3 Å². The molecule has 0 radical (unpaired) electrons. The highest BCUT2D eigenvalue weighted by molar-refractivity contribution is 7.14. The van der Waals surface area contributed by atoms with Crippen LogP contribution >= 0.6 is 11.3 Å². The molecular weight excluding hydrogens is 370 g/mol. The van der Waals surface area contributed by atoms with Gasteiger partial charge in [0.05, 0.1) is 5.69 Å². The third kappa shape index (κ3) is 3.55. The maximum Gasteiger partial charge on any atom is 0.257 e. The van der Waals surface area contributed by atoms with E-state index in [4.69, 9.17) is 0 Å². The van der Waals surface area contributed by atoms with Gasteiger partial charge in [0, 0.05) is 35.2 Å². The predicted molar refractivity (Wildman–Crippen MR) is 113 cm³/mol. The SMILES string of the molecule is CCC(=O)N1CCc2cc(C(=O)Nc3nc(-c4ccc(C)cc4)cs3)ccc21. The van der Waals surface area contributed by atoms with Crippen molar-refractivity contribution >= 4 is 34.0 Å². The minimum atomic E-state index is -0.187. The zero-order valence-corrected chi connectivity index (χ0v) is 16.7. The van der Waals surface area contributed by atoms with E-state index in [0.29, 0.717) is 23.7 Å². The summed E-state index contributed by atoms with van der Waals surface area (Å²) < 4.78 is 0. The number of nitrogens with zero attached hydrogens (tertiary/aromatic N) is 2. The number of carbonyl (C=O) groups is 2. The third-order valence-corrected chi connectivity index (χ3v) is 5.67. The summed E-state index contributed by atoms with van der Waals surface area (Å²) in [6.07, 6.45) is 1.26. The summed E-state index contributed by atoms with van der Waals surface area (Å²) in [4.78, 5) is 31.0. The van der Waals surface area contributed by atoms with Crippen LogP contribution in [0.3, 0.4) is 0 Å². The minimum absolute atomic E-state index is 0.113. The maximum atomic E-state index is 12.7. The third-order valence-electron chi connectivity index (χ3n) is 4.91. The van der Waals surface area contributed by atoms with Crippen molar-refractivity contribution in [2.24, 2.45) is 0 Å². The summed E-state index contributed by atoms with van der Waals surface area (Å²) in [5, 5.41) is 5.40. The molecule has 142 valence electrons. The molecule has 1 aliphatic rings. The average molecular weight is 391 g/mol. The largest absolute Gasteiger partial charge is 0.312 e. The fourth-order valence-electron chi connectivity index (χ4n) is 3.35. The van der Waals surface area contributed by atoms with E-state index >= 15 is 0 Å². The molecule has 0 aliphatic carbocycles. The van der Waals surface area contributed by atoms with Gasteiger partial charge in [-0.2, -0.15) is 0 Å². The topological polar surface area (TPSA) is 62.3 Å². The predicted octanol–water partition coefficient (Wildman–Crippen LogP) is 4.67. The van der Waals surface area contributed by atoms with Crippen molar-refractivity contribution in [3.8, 4) is 11.3 Å². The monoisotopic (exact) mass is 391 g/mol. The molecule has 2 heterocycles. The molecule has 2 amide bonds. The van der Waals surface area contributed by atoms with E-state index in [1.54, 1.807) is 11.0 Å². The van der Waals surface area contributed by atoms with Crippen molar-refractivity contribution in [2.45, 2.75) is 26.7 Å². The molecule has 28 heavy (non-hydrogen) atoms. The first-order valence-electron chi connectivity index (χ1n) is 9.32. The van der Waals surface area contributed by atoms with Crippen molar-refractivity contribution < 1.29 is 9.59 Å². The second-order valence-corrected chi connectivity index (χ2v) is 7.71. The van der Waals surface area contributed by atoms with Gasteiger partial charge in [-0.3, -0.25) is 14.9 Å². The van der Waals surface area contributed by atoms with Crippen molar-refractivity contribution in [3.63, 3.8) is 0 Å². The van der Waals surface area contributed by atoms with Gasteiger partial charge in [0.1, 0.15) is 0 Å². The average Bonchev–Trinajstić information content (AvgIpc) is 3.34. The summed E-state index contributed by atoms with van der Waals surface area (Å²) >= 11 is 1.41. The molecule has 0 saturated carbocycles. The van der Waals surface area contributed by atoms with E-state index in [1.807, 2.05) is 55.6 Å². The van der Waals surface area contributed by atoms with Crippen LogP contribution in [0, 0.1) is 6.92 Å². The van der Waals surface area contributed by atoms with Gasteiger partial charge in [0.2, 0.25) is 5.91 Å². The highest BCUT2D eigenvalue weighted by Crippen LogP contribution is 2.30. The number of amides is 2. The Balaban J connectivity index is 1.49. The van der Waals surface area contributed by atoms with Crippen molar-refractivity contribution in [1.82, 2.24) is 4.98 Å². The Labute approximate surface area is 168 Å². The van der Waals surface area contributed by atoms with Gasteiger partial charge in [-0.1, -0.05) is 36.8 Å². The molecule has 4 rings (SSSR count). The van der Waals surface area contributed by atoms with E-state index in [-0.39, 0.29) is 11.8 Å². The van der Waals surface area contributed by atoms with E-state index in [2.05, 4.69) is 10.3 Å². The zero-order valence-electron chi connectivity index (χ0n) is 15.9. The molecule has 0 atom stereocenters. The Morgan fingerprint density at radius 2 is 1.96 bits per heavy atom. The molecule has 2 aromatic carbocycles. The molecule has 3 aromatic rings.